The van der Waals surface area contributed by atoms with Crippen molar-refractivity contribution in [3.63, 3.8) is 0 Å². The van der Waals surface area contributed by atoms with Gasteiger partial charge in [-0.3, -0.25) is 4.79 Å². The van der Waals surface area contributed by atoms with Gasteiger partial charge in [0.1, 0.15) is 0 Å². The number of nitrogens with one attached hydrogen (secondary N) is 1. The Kier molecular flexibility index (Phi) is 5.73. The standard InChI is InChI=1S/C23H24N2O3/c1-15-20(23(27)28-4)16(2)24-21(15)22(26)17(3)25-12-10-19(11-13-25)14-18-8-6-5-7-9-18/h5-13,17H,14H2,1-4H3/p+1/t17-/m0/s1. The molecular weight excluding hydrogens is 352 g/mol. The molecular formula is C23H25N2O3+. The Bertz CT molecular complexity index is 989. The van der Waals surface area contributed by atoms with Crippen LogP contribution < -0.4 is 4.57 Å². The number of rotatable bonds is 6. The second kappa shape index (κ2) is 8.21. The van der Waals surface area contributed by atoms with E-state index < -0.39 is 12.0 Å². The highest BCUT2D eigenvalue weighted by Crippen LogP contribution is 2.21. The molecule has 5 nitrogen and oxygen atoms in total. The summed E-state index contributed by atoms with van der Waals surface area (Å²) in [6, 6.07) is 13.9. The number of carbonyl (C=O) groups is 2. The lowest BCUT2D eigenvalue weighted by Crippen LogP contribution is -2.42. The average Bonchev–Trinajstić information content (AvgIpc) is 3.01. The van der Waals surface area contributed by atoms with Gasteiger partial charge in [-0.25, -0.2) is 4.79 Å². The van der Waals surface area contributed by atoms with Crippen LogP contribution in [-0.4, -0.2) is 23.8 Å². The Morgan fingerprint density at radius 1 is 1.04 bits per heavy atom. The van der Waals surface area contributed by atoms with Crippen molar-refractivity contribution in [1.29, 1.82) is 0 Å². The summed E-state index contributed by atoms with van der Waals surface area (Å²) in [6.45, 7) is 5.39. The maximum Gasteiger partial charge on any atom is 0.339 e. The van der Waals surface area contributed by atoms with Crippen LogP contribution in [0.2, 0.25) is 0 Å². The van der Waals surface area contributed by atoms with Gasteiger partial charge in [0.25, 0.3) is 0 Å². The molecule has 0 aliphatic carbocycles. The molecule has 144 valence electrons. The number of H-pyrrole nitrogens is 1. The SMILES string of the molecule is COC(=O)c1c(C)[nH]c(C(=O)[C@H](C)[n+]2ccc(Cc3ccccc3)cc2)c1C. The Morgan fingerprint density at radius 3 is 2.25 bits per heavy atom. The van der Waals surface area contributed by atoms with E-state index in [0.29, 0.717) is 22.5 Å². The van der Waals surface area contributed by atoms with E-state index in [2.05, 4.69) is 17.1 Å². The zero-order valence-corrected chi connectivity index (χ0v) is 16.7. The fourth-order valence-corrected chi connectivity index (χ4v) is 3.43. The highest BCUT2D eigenvalue weighted by Gasteiger charge is 2.29. The summed E-state index contributed by atoms with van der Waals surface area (Å²) in [6.07, 6.45) is 4.70. The molecule has 0 amide bonds. The number of aryl methyl sites for hydroxylation is 1. The largest absolute Gasteiger partial charge is 0.465 e. The summed E-state index contributed by atoms with van der Waals surface area (Å²) in [5.74, 6) is -0.507. The minimum atomic E-state index is -0.434. The molecule has 0 bridgehead atoms. The van der Waals surface area contributed by atoms with Crippen molar-refractivity contribution in [2.75, 3.05) is 7.11 Å². The molecule has 0 unspecified atom stereocenters. The molecule has 0 radical (unpaired) electrons. The van der Waals surface area contributed by atoms with Crippen LogP contribution in [0.1, 0.15) is 56.2 Å². The van der Waals surface area contributed by atoms with Crippen molar-refractivity contribution in [3.8, 4) is 0 Å². The first-order valence-corrected chi connectivity index (χ1v) is 9.27. The van der Waals surface area contributed by atoms with Gasteiger partial charge in [-0.1, -0.05) is 30.3 Å². The molecule has 0 fully saturated rings. The molecule has 1 atom stereocenters. The molecule has 28 heavy (non-hydrogen) atoms. The predicted molar refractivity (Wildman–Crippen MR) is 107 cm³/mol. The van der Waals surface area contributed by atoms with Gasteiger partial charge in [0.2, 0.25) is 11.8 Å². The molecule has 2 aromatic heterocycles. The van der Waals surface area contributed by atoms with Crippen molar-refractivity contribution in [2.45, 2.75) is 33.2 Å². The summed E-state index contributed by atoms with van der Waals surface area (Å²) in [4.78, 5) is 28.0. The van der Waals surface area contributed by atoms with Crippen LogP contribution in [0.15, 0.2) is 54.9 Å². The molecule has 1 aromatic carbocycles. The van der Waals surface area contributed by atoms with Gasteiger partial charge < -0.3 is 9.72 Å². The molecule has 0 spiro atoms. The second-order valence-electron chi connectivity index (χ2n) is 6.97. The maximum atomic E-state index is 13.0. The molecule has 2 heterocycles. The number of ketones is 1. The predicted octanol–water partition coefficient (Wildman–Crippen LogP) is 3.74. The molecule has 5 heteroatoms. The van der Waals surface area contributed by atoms with E-state index in [9.17, 15) is 9.59 Å². The summed E-state index contributed by atoms with van der Waals surface area (Å²) in [7, 11) is 1.34. The zero-order chi connectivity index (χ0) is 20.3. The molecule has 3 aromatic rings. The molecule has 0 aliphatic rings. The normalized spacial score (nSPS) is 11.9. The number of hydrogen-bond donors (Lipinski definition) is 1. The lowest BCUT2D eigenvalue weighted by atomic mass is 10.0. The number of methoxy groups -OCH3 is 1. The van der Waals surface area contributed by atoms with Gasteiger partial charge in [-0.2, -0.15) is 4.57 Å². The number of hydrogen-bond acceptors (Lipinski definition) is 3. The lowest BCUT2D eigenvalue weighted by molar-refractivity contribution is -0.704. The monoisotopic (exact) mass is 377 g/mol. The van der Waals surface area contributed by atoms with Crippen LogP contribution in [0, 0.1) is 13.8 Å². The van der Waals surface area contributed by atoms with Crippen LogP contribution >= 0.6 is 0 Å². The Labute approximate surface area is 165 Å². The number of aromatic amines is 1. The molecule has 1 N–H and O–H groups in total. The van der Waals surface area contributed by atoms with Crippen LogP contribution in [0.25, 0.3) is 0 Å². The van der Waals surface area contributed by atoms with E-state index in [1.807, 2.05) is 54.2 Å². The van der Waals surface area contributed by atoms with Gasteiger partial charge in [0.15, 0.2) is 12.4 Å². The molecule has 0 saturated carbocycles. The number of aromatic nitrogens is 2. The zero-order valence-electron chi connectivity index (χ0n) is 16.7. The third-order valence-corrected chi connectivity index (χ3v) is 5.07. The minimum absolute atomic E-state index is 0.0726. The van der Waals surface area contributed by atoms with E-state index in [1.54, 1.807) is 13.8 Å². The maximum absolute atomic E-state index is 13.0. The second-order valence-corrected chi connectivity index (χ2v) is 6.97. The molecule has 0 saturated heterocycles. The summed E-state index contributed by atoms with van der Waals surface area (Å²) >= 11 is 0. The van der Waals surface area contributed by atoms with Gasteiger partial charge in [0.05, 0.1) is 18.4 Å². The number of ether oxygens (including phenoxy) is 1. The van der Waals surface area contributed by atoms with E-state index in [-0.39, 0.29) is 5.78 Å². The van der Waals surface area contributed by atoms with Crippen LogP contribution in [0.5, 0.6) is 0 Å². The number of esters is 1. The molecule has 0 aliphatic heterocycles. The Hall–Kier alpha value is -3.21. The quantitative estimate of drug-likeness (QED) is 0.404. The van der Waals surface area contributed by atoms with Crippen molar-refractivity contribution in [3.05, 3.63) is 88.5 Å². The number of benzene rings is 1. The van der Waals surface area contributed by atoms with Gasteiger partial charge in [0, 0.05) is 24.8 Å². The number of Topliss-reactive ketones (excluding diaryl/α,β-unsaturated/α-hetero) is 1. The van der Waals surface area contributed by atoms with Crippen molar-refractivity contribution < 1.29 is 18.9 Å². The third kappa shape index (κ3) is 3.88. The number of nitrogens with zero attached hydrogens (tertiary/aromatic N) is 1. The van der Waals surface area contributed by atoms with Crippen molar-refractivity contribution in [2.24, 2.45) is 0 Å². The highest BCUT2D eigenvalue weighted by molar-refractivity contribution is 6.02. The first-order valence-electron chi connectivity index (χ1n) is 9.27. The van der Waals surface area contributed by atoms with Gasteiger partial charge in [-0.05, 0) is 37.0 Å². The minimum Gasteiger partial charge on any atom is -0.465 e. The Balaban J connectivity index is 1.79. The number of carbonyl (C=O) groups excluding carboxylic acids is 2. The van der Waals surface area contributed by atoms with E-state index in [1.165, 1.54) is 18.2 Å². The van der Waals surface area contributed by atoms with Crippen molar-refractivity contribution >= 4 is 11.8 Å². The van der Waals surface area contributed by atoms with Gasteiger partial charge in [-0.15, -0.1) is 0 Å². The van der Waals surface area contributed by atoms with Crippen molar-refractivity contribution in [1.82, 2.24) is 4.98 Å². The summed E-state index contributed by atoms with van der Waals surface area (Å²) in [5.41, 5.74) is 4.58. The third-order valence-electron chi connectivity index (χ3n) is 5.07. The fourth-order valence-electron chi connectivity index (χ4n) is 3.43. The fraction of sp³-hybridized carbons (Fsp3) is 0.261. The smallest absolute Gasteiger partial charge is 0.339 e. The van der Waals surface area contributed by atoms with Crippen LogP contribution in [0.3, 0.4) is 0 Å². The average molecular weight is 377 g/mol. The first-order chi connectivity index (χ1) is 13.4. The highest BCUT2D eigenvalue weighted by atomic mass is 16.5. The lowest BCUT2D eigenvalue weighted by Gasteiger charge is -2.07. The van der Waals surface area contributed by atoms with E-state index in [0.717, 1.165) is 6.42 Å². The Morgan fingerprint density at radius 2 is 1.64 bits per heavy atom. The van der Waals surface area contributed by atoms with Gasteiger partial charge >= 0.3 is 5.97 Å². The van der Waals surface area contributed by atoms with Crippen LogP contribution in [-0.2, 0) is 11.2 Å². The first kappa shape index (κ1) is 19.5. The summed E-state index contributed by atoms with van der Waals surface area (Å²) in [5, 5.41) is 0. The topological polar surface area (TPSA) is 63.0 Å². The van der Waals surface area contributed by atoms with E-state index in [4.69, 9.17) is 4.74 Å². The number of pyridine rings is 1. The van der Waals surface area contributed by atoms with E-state index >= 15 is 0 Å². The molecule has 3 rings (SSSR count). The summed E-state index contributed by atoms with van der Waals surface area (Å²) < 4.78 is 6.70. The van der Waals surface area contributed by atoms with Crippen LogP contribution in [0.4, 0.5) is 0 Å².